The number of rotatable bonds is 3. The molecule has 1 aromatic heterocycles. The molecular formula is C15H19N3O2. The third-order valence-corrected chi connectivity index (χ3v) is 3.95. The zero-order valence-electron chi connectivity index (χ0n) is 11.8. The van der Waals surface area contributed by atoms with Crippen LogP contribution in [0.4, 0.5) is 0 Å². The molecule has 0 radical (unpaired) electrons. The van der Waals surface area contributed by atoms with E-state index < -0.39 is 0 Å². The van der Waals surface area contributed by atoms with Gasteiger partial charge in [-0.2, -0.15) is 0 Å². The van der Waals surface area contributed by atoms with Gasteiger partial charge < -0.3 is 14.4 Å². The van der Waals surface area contributed by atoms with Crippen LogP contribution in [0.2, 0.25) is 0 Å². The summed E-state index contributed by atoms with van der Waals surface area (Å²) in [5.74, 6) is 2.43. The van der Waals surface area contributed by atoms with E-state index in [1.807, 2.05) is 30.7 Å². The summed E-state index contributed by atoms with van der Waals surface area (Å²) in [4.78, 5) is 0. The highest BCUT2D eigenvalue weighted by Gasteiger charge is 2.18. The van der Waals surface area contributed by atoms with Crippen molar-refractivity contribution in [1.29, 1.82) is 0 Å². The second-order valence-electron chi connectivity index (χ2n) is 5.28. The Bertz CT molecular complexity index is 622. The zero-order chi connectivity index (χ0) is 14.1. The maximum absolute atomic E-state index is 10.0. The average Bonchev–Trinajstić information content (AvgIpc) is 2.77. The lowest BCUT2D eigenvalue weighted by Gasteiger charge is -2.21. The van der Waals surface area contributed by atoms with Gasteiger partial charge in [-0.15, -0.1) is 10.2 Å². The molecule has 0 saturated carbocycles. The molecule has 1 atom stereocenters. The Balaban J connectivity index is 1.75. The third kappa shape index (κ3) is 2.41. The van der Waals surface area contributed by atoms with Gasteiger partial charge in [0.15, 0.2) is 5.82 Å². The van der Waals surface area contributed by atoms with Crippen LogP contribution in [-0.4, -0.2) is 19.9 Å². The van der Waals surface area contributed by atoms with Crippen molar-refractivity contribution in [2.75, 3.05) is 0 Å². The first kappa shape index (κ1) is 13.1. The number of nitrogens with zero attached hydrogens (tertiary/aromatic N) is 3. The molecule has 0 fully saturated rings. The van der Waals surface area contributed by atoms with Crippen molar-refractivity contribution in [3.8, 4) is 5.75 Å². The minimum Gasteiger partial charge on any atom is -0.486 e. The maximum Gasteiger partial charge on any atom is 0.170 e. The van der Waals surface area contributed by atoms with Crippen molar-refractivity contribution in [3.63, 3.8) is 0 Å². The largest absolute Gasteiger partial charge is 0.486 e. The van der Waals surface area contributed by atoms with Gasteiger partial charge in [0.2, 0.25) is 0 Å². The molecule has 5 heteroatoms. The van der Waals surface area contributed by atoms with Crippen LogP contribution in [0.25, 0.3) is 0 Å². The Labute approximate surface area is 118 Å². The molecule has 1 aromatic carbocycles. The molecule has 1 aliphatic carbocycles. The van der Waals surface area contributed by atoms with E-state index in [2.05, 4.69) is 16.3 Å². The van der Waals surface area contributed by atoms with Crippen LogP contribution in [0.3, 0.4) is 0 Å². The molecule has 0 aliphatic heterocycles. The number of aliphatic hydroxyl groups is 1. The minimum atomic E-state index is -0.362. The van der Waals surface area contributed by atoms with Crippen LogP contribution in [0.5, 0.6) is 5.75 Å². The van der Waals surface area contributed by atoms with Crippen LogP contribution >= 0.6 is 0 Å². The lowest BCUT2D eigenvalue weighted by Crippen LogP contribution is -2.10. The summed E-state index contributed by atoms with van der Waals surface area (Å²) < 4.78 is 7.68. The van der Waals surface area contributed by atoms with E-state index in [0.29, 0.717) is 6.61 Å². The molecule has 1 unspecified atom stereocenters. The zero-order valence-corrected chi connectivity index (χ0v) is 11.8. The Hall–Kier alpha value is -1.88. The molecule has 0 spiro atoms. The van der Waals surface area contributed by atoms with Crippen LogP contribution < -0.4 is 4.74 Å². The van der Waals surface area contributed by atoms with Gasteiger partial charge in [0, 0.05) is 7.05 Å². The molecule has 5 nitrogen and oxygen atoms in total. The number of aromatic nitrogens is 3. The Kier molecular flexibility index (Phi) is 3.44. The first-order chi connectivity index (χ1) is 9.65. The predicted molar refractivity (Wildman–Crippen MR) is 74.4 cm³/mol. The molecule has 1 aliphatic rings. The number of fused-ring (bicyclic) bond motifs is 1. The van der Waals surface area contributed by atoms with Gasteiger partial charge in [-0.3, -0.25) is 0 Å². The first-order valence-electron chi connectivity index (χ1n) is 6.93. The molecule has 0 bridgehead atoms. The van der Waals surface area contributed by atoms with Crippen molar-refractivity contribution in [3.05, 3.63) is 41.0 Å². The SMILES string of the molecule is Cc1nnc(COc2ccc3c(c2)C(O)CCC3)n1C. The van der Waals surface area contributed by atoms with Gasteiger partial charge in [-0.05, 0) is 49.4 Å². The number of ether oxygens (including phenoxy) is 1. The Morgan fingerprint density at radius 1 is 1.40 bits per heavy atom. The molecule has 1 heterocycles. The fraction of sp³-hybridized carbons (Fsp3) is 0.467. The second kappa shape index (κ2) is 5.25. The fourth-order valence-corrected chi connectivity index (χ4v) is 2.57. The summed E-state index contributed by atoms with van der Waals surface area (Å²) in [6, 6.07) is 5.96. The Morgan fingerprint density at radius 2 is 2.25 bits per heavy atom. The first-order valence-corrected chi connectivity index (χ1v) is 6.93. The number of aliphatic hydroxyl groups excluding tert-OH is 1. The van der Waals surface area contributed by atoms with E-state index in [-0.39, 0.29) is 6.10 Å². The van der Waals surface area contributed by atoms with E-state index in [4.69, 9.17) is 4.74 Å². The predicted octanol–water partition coefficient (Wildman–Crippen LogP) is 2.07. The molecule has 3 rings (SSSR count). The van der Waals surface area contributed by atoms with Gasteiger partial charge >= 0.3 is 0 Å². The smallest absolute Gasteiger partial charge is 0.170 e. The van der Waals surface area contributed by atoms with Gasteiger partial charge in [0.1, 0.15) is 18.2 Å². The fourth-order valence-electron chi connectivity index (χ4n) is 2.57. The summed E-state index contributed by atoms with van der Waals surface area (Å²) in [7, 11) is 1.92. The average molecular weight is 273 g/mol. The number of aryl methyl sites for hydroxylation is 2. The summed E-state index contributed by atoms with van der Waals surface area (Å²) in [5.41, 5.74) is 2.23. The molecule has 1 N–H and O–H groups in total. The quantitative estimate of drug-likeness (QED) is 0.930. The highest BCUT2D eigenvalue weighted by atomic mass is 16.5. The van der Waals surface area contributed by atoms with Gasteiger partial charge in [0.05, 0.1) is 6.10 Å². The van der Waals surface area contributed by atoms with E-state index in [9.17, 15) is 5.11 Å². The molecular weight excluding hydrogens is 254 g/mol. The van der Waals surface area contributed by atoms with Crippen LogP contribution in [-0.2, 0) is 20.1 Å². The summed E-state index contributed by atoms with van der Waals surface area (Å²) >= 11 is 0. The van der Waals surface area contributed by atoms with Gasteiger partial charge in [-0.25, -0.2) is 0 Å². The maximum atomic E-state index is 10.0. The summed E-state index contributed by atoms with van der Waals surface area (Å²) in [5, 5.41) is 18.1. The van der Waals surface area contributed by atoms with E-state index in [1.165, 1.54) is 5.56 Å². The third-order valence-electron chi connectivity index (χ3n) is 3.95. The van der Waals surface area contributed by atoms with Crippen molar-refractivity contribution in [2.45, 2.75) is 38.9 Å². The van der Waals surface area contributed by atoms with E-state index in [0.717, 1.165) is 42.2 Å². The normalized spacial score (nSPS) is 17.9. The number of hydrogen-bond donors (Lipinski definition) is 1. The number of hydrogen-bond acceptors (Lipinski definition) is 4. The molecule has 106 valence electrons. The Morgan fingerprint density at radius 3 is 3.00 bits per heavy atom. The van der Waals surface area contributed by atoms with Crippen molar-refractivity contribution < 1.29 is 9.84 Å². The second-order valence-corrected chi connectivity index (χ2v) is 5.28. The minimum absolute atomic E-state index is 0.362. The van der Waals surface area contributed by atoms with Crippen LogP contribution in [0.15, 0.2) is 18.2 Å². The highest BCUT2D eigenvalue weighted by Crippen LogP contribution is 2.32. The van der Waals surface area contributed by atoms with Crippen molar-refractivity contribution in [2.24, 2.45) is 7.05 Å². The summed E-state index contributed by atoms with van der Waals surface area (Å²) in [6.07, 6.45) is 2.56. The van der Waals surface area contributed by atoms with Gasteiger partial charge in [0.25, 0.3) is 0 Å². The van der Waals surface area contributed by atoms with Crippen molar-refractivity contribution >= 4 is 0 Å². The summed E-state index contributed by atoms with van der Waals surface area (Å²) in [6.45, 7) is 2.29. The topological polar surface area (TPSA) is 60.2 Å². The van der Waals surface area contributed by atoms with E-state index >= 15 is 0 Å². The van der Waals surface area contributed by atoms with Crippen LogP contribution in [0.1, 0.15) is 41.7 Å². The van der Waals surface area contributed by atoms with Crippen LogP contribution in [0, 0.1) is 6.92 Å². The molecule has 2 aromatic rings. The lowest BCUT2D eigenvalue weighted by atomic mass is 9.89. The van der Waals surface area contributed by atoms with E-state index in [1.54, 1.807) is 0 Å². The highest BCUT2D eigenvalue weighted by molar-refractivity contribution is 5.38. The monoisotopic (exact) mass is 273 g/mol. The van der Waals surface area contributed by atoms with Crippen molar-refractivity contribution in [1.82, 2.24) is 14.8 Å². The lowest BCUT2D eigenvalue weighted by molar-refractivity contribution is 0.156. The molecule has 0 amide bonds. The molecule has 0 saturated heterocycles. The standard InChI is InChI=1S/C15H19N3O2/c1-10-16-17-15(18(10)2)9-20-12-7-6-11-4-3-5-14(19)13(11)8-12/h6-8,14,19H,3-5,9H2,1-2H3. The molecule has 20 heavy (non-hydrogen) atoms. The number of benzene rings is 1. The van der Waals surface area contributed by atoms with Gasteiger partial charge in [-0.1, -0.05) is 6.07 Å².